The van der Waals surface area contributed by atoms with E-state index in [0.29, 0.717) is 37.5 Å². The first kappa shape index (κ1) is 23.3. The predicted molar refractivity (Wildman–Crippen MR) is 120 cm³/mol. The summed E-state index contributed by atoms with van der Waals surface area (Å²) in [4.78, 5) is 6.58. The van der Waals surface area contributed by atoms with Crippen LogP contribution >= 0.6 is 0 Å². The molecular weight excluding hydrogens is 434 g/mol. The molecular formula is C23H32F2N4O2S. The van der Waals surface area contributed by atoms with Crippen LogP contribution in [0.4, 0.5) is 8.78 Å². The van der Waals surface area contributed by atoms with E-state index < -0.39 is 21.7 Å². The molecule has 0 amide bonds. The molecule has 0 N–H and O–H groups in total. The van der Waals surface area contributed by atoms with Crippen LogP contribution in [0, 0.1) is 17.6 Å². The highest BCUT2D eigenvalue weighted by molar-refractivity contribution is 7.88. The van der Waals surface area contributed by atoms with Gasteiger partial charge in [0.05, 0.1) is 12.6 Å². The van der Waals surface area contributed by atoms with Crippen molar-refractivity contribution in [1.82, 2.24) is 18.8 Å². The average Bonchev–Trinajstić information content (AvgIpc) is 3.28. The SMILES string of the molecule is CS(=O)(=O)N1CCC([C@@H](CCN2CCC(n3ccnc3)CC2)c2cc(F)cc(F)c2)CC1. The van der Waals surface area contributed by atoms with E-state index in [4.69, 9.17) is 0 Å². The third-order valence-electron chi connectivity index (χ3n) is 7.11. The molecule has 1 aromatic carbocycles. The fourth-order valence-electron chi connectivity index (χ4n) is 5.32. The maximum Gasteiger partial charge on any atom is 0.211 e. The monoisotopic (exact) mass is 466 g/mol. The van der Waals surface area contributed by atoms with E-state index >= 15 is 0 Å². The van der Waals surface area contributed by atoms with Gasteiger partial charge in [-0.15, -0.1) is 0 Å². The van der Waals surface area contributed by atoms with Gasteiger partial charge in [0.1, 0.15) is 11.6 Å². The highest BCUT2D eigenvalue weighted by atomic mass is 32.2. The summed E-state index contributed by atoms with van der Waals surface area (Å²) in [5.41, 5.74) is 0.689. The highest BCUT2D eigenvalue weighted by Crippen LogP contribution is 2.37. The van der Waals surface area contributed by atoms with Gasteiger partial charge in [-0.25, -0.2) is 26.5 Å². The molecule has 0 saturated carbocycles. The Hall–Kier alpha value is -1.84. The van der Waals surface area contributed by atoms with E-state index in [1.165, 1.54) is 22.7 Å². The lowest BCUT2D eigenvalue weighted by Gasteiger charge is -2.37. The van der Waals surface area contributed by atoms with E-state index in [1.807, 2.05) is 18.7 Å². The van der Waals surface area contributed by atoms with Crippen LogP contribution in [0.2, 0.25) is 0 Å². The van der Waals surface area contributed by atoms with Gasteiger partial charge in [0.25, 0.3) is 0 Å². The van der Waals surface area contributed by atoms with Gasteiger partial charge in [-0.05, 0) is 68.2 Å². The van der Waals surface area contributed by atoms with Crippen molar-refractivity contribution in [1.29, 1.82) is 0 Å². The van der Waals surface area contributed by atoms with Crippen LogP contribution in [0.25, 0.3) is 0 Å². The molecule has 4 rings (SSSR count). The van der Waals surface area contributed by atoms with E-state index in [9.17, 15) is 17.2 Å². The van der Waals surface area contributed by atoms with Crippen molar-refractivity contribution in [3.63, 3.8) is 0 Å². The number of piperidine rings is 2. The second-order valence-corrected chi connectivity index (χ2v) is 11.2. The van der Waals surface area contributed by atoms with Crippen LogP contribution in [-0.4, -0.2) is 66.2 Å². The molecule has 2 aromatic rings. The minimum absolute atomic E-state index is 0.00767. The first-order chi connectivity index (χ1) is 15.3. The lowest BCUT2D eigenvalue weighted by atomic mass is 9.78. The van der Waals surface area contributed by atoms with Crippen molar-refractivity contribution in [3.8, 4) is 0 Å². The van der Waals surface area contributed by atoms with Gasteiger partial charge in [-0.3, -0.25) is 0 Å². The Morgan fingerprint density at radius 2 is 1.69 bits per heavy atom. The normalized spacial score (nSPS) is 21.1. The lowest BCUT2D eigenvalue weighted by molar-refractivity contribution is 0.167. The molecule has 2 saturated heterocycles. The summed E-state index contributed by atoms with van der Waals surface area (Å²) in [6.45, 7) is 3.77. The maximum absolute atomic E-state index is 14.0. The Balaban J connectivity index is 1.41. The van der Waals surface area contributed by atoms with Gasteiger partial charge in [0, 0.05) is 50.7 Å². The Labute approximate surface area is 189 Å². The van der Waals surface area contributed by atoms with Crippen molar-refractivity contribution in [3.05, 3.63) is 54.1 Å². The summed E-state index contributed by atoms with van der Waals surface area (Å²) in [6, 6.07) is 4.28. The third-order valence-corrected chi connectivity index (χ3v) is 8.41. The summed E-state index contributed by atoms with van der Waals surface area (Å²) < 4.78 is 55.4. The molecule has 1 atom stereocenters. The van der Waals surface area contributed by atoms with E-state index in [-0.39, 0.29) is 11.8 Å². The van der Waals surface area contributed by atoms with Gasteiger partial charge in [0.2, 0.25) is 10.0 Å². The van der Waals surface area contributed by atoms with Crippen molar-refractivity contribution >= 4 is 10.0 Å². The number of rotatable bonds is 7. The number of aromatic nitrogens is 2. The van der Waals surface area contributed by atoms with E-state index in [1.54, 1.807) is 0 Å². The summed E-state index contributed by atoms with van der Waals surface area (Å²) in [7, 11) is -3.21. The van der Waals surface area contributed by atoms with Crippen LogP contribution in [0.5, 0.6) is 0 Å². The van der Waals surface area contributed by atoms with Gasteiger partial charge < -0.3 is 9.47 Å². The van der Waals surface area contributed by atoms with E-state index in [2.05, 4.69) is 14.5 Å². The Bertz CT molecular complexity index is 963. The Morgan fingerprint density at radius 3 is 2.25 bits per heavy atom. The van der Waals surface area contributed by atoms with Crippen molar-refractivity contribution < 1.29 is 17.2 Å². The van der Waals surface area contributed by atoms with Gasteiger partial charge >= 0.3 is 0 Å². The minimum atomic E-state index is -3.21. The van der Waals surface area contributed by atoms with Crippen molar-refractivity contribution in [2.75, 3.05) is 39.0 Å². The molecule has 0 spiro atoms. The topological polar surface area (TPSA) is 58.4 Å². The standard InChI is InChI=1S/C23H32F2N4O2S/c1-32(30,31)29-11-2-18(3-12-29)23(19-14-20(24)16-21(25)15-19)6-10-27-8-4-22(5-9-27)28-13-7-26-17-28/h7,13-18,22-23H,2-6,8-12H2,1H3/t23-/m1/s1. The summed E-state index contributed by atoms with van der Waals surface area (Å²) >= 11 is 0. The van der Waals surface area contributed by atoms with Gasteiger partial charge in [0.15, 0.2) is 0 Å². The molecule has 1 aromatic heterocycles. The number of halogens is 2. The van der Waals surface area contributed by atoms with E-state index in [0.717, 1.165) is 45.0 Å². The highest BCUT2D eigenvalue weighted by Gasteiger charge is 2.32. The van der Waals surface area contributed by atoms with Gasteiger partial charge in [-0.1, -0.05) is 0 Å². The zero-order chi connectivity index (χ0) is 22.7. The number of benzene rings is 1. The summed E-state index contributed by atoms with van der Waals surface area (Å²) in [5.74, 6) is -0.898. The summed E-state index contributed by atoms with van der Waals surface area (Å²) in [5, 5.41) is 0. The number of imidazole rings is 1. The fourth-order valence-corrected chi connectivity index (χ4v) is 6.20. The molecule has 2 aliphatic rings. The van der Waals surface area contributed by atoms with Crippen LogP contribution in [-0.2, 0) is 10.0 Å². The number of nitrogens with zero attached hydrogens (tertiary/aromatic N) is 4. The minimum Gasteiger partial charge on any atom is -0.334 e. The number of hydrogen-bond donors (Lipinski definition) is 0. The first-order valence-corrected chi connectivity index (χ1v) is 13.3. The number of sulfonamides is 1. The van der Waals surface area contributed by atoms with Crippen LogP contribution < -0.4 is 0 Å². The summed E-state index contributed by atoms with van der Waals surface area (Å²) in [6.07, 6.45) is 11.3. The van der Waals surface area contributed by atoms with Gasteiger partial charge in [-0.2, -0.15) is 0 Å². The van der Waals surface area contributed by atoms with Crippen LogP contribution in [0.3, 0.4) is 0 Å². The Morgan fingerprint density at radius 1 is 1.03 bits per heavy atom. The molecule has 0 unspecified atom stereocenters. The number of likely N-dealkylation sites (tertiary alicyclic amines) is 1. The van der Waals surface area contributed by atoms with Crippen molar-refractivity contribution in [2.45, 2.75) is 44.1 Å². The maximum atomic E-state index is 14.0. The molecule has 2 aliphatic heterocycles. The molecule has 0 bridgehead atoms. The second kappa shape index (κ2) is 9.97. The molecule has 3 heterocycles. The largest absolute Gasteiger partial charge is 0.334 e. The first-order valence-electron chi connectivity index (χ1n) is 11.4. The van der Waals surface area contributed by atoms with Crippen LogP contribution in [0.1, 0.15) is 49.6 Å². The zero-order valence-electron chi connectivity index (χ0n) is 18.5. The molecule has 6 nitrogen and oxygen atoms in total. The molecule has 176 valence electrons. The van der Waals surface area contributed by atoms with Crippen molar-refractivity contribution in [2.24, 2.45) is 5.92 Å². The second-order valence-electron chi connectivity index (χ2n) is 9.18. The molecule has 2 fully saturated rings. The molecule has 32 heavy (non-hydrogen) atoms. The predicted octanol–water partition coefficient (Wildman–Crippen LogP) is 3.64. The fraction of sp³-hybridized carbons (Fsp3) is 0.609. The molecule has 0 aliphatic carbocycles. The smallest absolute Gasteiger partial charge is 0.211 e. The van der Waals surface area contributed by atoms with Crippen LogP contribution in [0.15, 0.2) is 36.9 Å². The quantitative estimate of drug-likeness (QED) is 0.625. The third kappa shape index (κ3) is 5.74. The average molecular weight is 467 g/mol. The molecule has 9 heteroatoms. The number of hydrogen-bond acceptors (Lipinski definition) is 4. The zero-order valence-corrected chi connectivity index (χ0v) is 19.4. The Kier molecular flexibility index (Phi) is 7.27. The lowest BCUT2D eigenvalue weighted by Crippen LogP contribution is -2.40. The molecule has 0 radical (unpaired) electrons.